The van der Waals surface area contributed by atoms with Crippen LogP contribution in [0.5, 0.6) is 0 Å². The van der Waals surface area contributed by atoms with E-state index in [9.17, 15) is 9.59 Å². The molecule has 5 nitrogen and oxygen atoms in total. The number of rotatable bonds is 4. The van der Waals surface area contributed by atoms with Gasteiger partial charge in [-0.05, 0) is 36.4 Å². The minimum absolute atomic E-state index is 0.174. The number of pyridine rings is 1. The fourth-order valence-corrected chi connectivity index (χ4v) is 3.70. The van der Waals surface area contributed by atoms with E-state index >= 15 is 0 Å². The fraction of sp³-hybridized carbons (Fsp3) is 0.412. The minimum atomic E-state index is -0.192. The van der Waals surface area contributed by atoms with E-state index in [1.165, 1.54) is 21.1 Å². The maximum atomic E-state index is 12.2. The molecule has 1 atom stereocenters. The van der Waals surface area contributed by atoms with Crippen LogP contribution >= 0.6 is 11.3 Å². The molecule has 0 aromatic carbocycles. The van der Waals surface area contributed by atoms with Gasteiger partial charge in [0.25, 0.3) is 11.5 Å². The Morgan fingerprint density at radius 2 is 2.26 bits per heavy atom. The van der Waals surface area contributed by atoms with Crippen molar-refractivity contribution in [1.82, 2.24) is 14.8 Å². The summed E-state index contributed by atoms with van der Waals surface area (Å²) in [7, 11) is 1.67. The molecule has 0 spiro atoms. The molecular formula is C17H21N3O2S. The second-order valence-electron chi connectivity index (χ2n) is 6.01. The third kappa shape index (κ3) is 3.54. The van der Waals surface area contributed by atoms with E-state index < -0.39 is 0 Å². The van der Waals surface area contributed by atoms with E-state index in [4.69, 9.17) is 0 Å². The summed E-state index contributed by atoms with van der Waals surface area (Å²) in [6.45, 7) is 4.67. The molecule has 2 aromatic heterocycles. The van der Waals surface area contributed by atoms with Crippen molar-refractivity contribution in [2.45, 2.75) is 25.9 Å². The van der Waals surface area contributed by atoms with Crippen molar-refractivity contribution in [3.05, 3.63) is 56.1 Å². The van der Waals surface area contributed by atoms with Crippen LogP contribution in [0.1, 0.15) is 27.7 Å². The quantitative estimate of drug-likeness (QED) is 0.926. The Morgan fingerprint density at radius 3 is 3.04 bits per heavy atom. The highest BCUT2D eigenvalue weighted by Gasteiger charge is 2.21. The van der Waals surface area contributed by atoms with Gasteiger partial charge in [0.15, 0.2) is 0 Å². The van der Waals surface area contributed by atoms with Crippen LogP contribution in [0.3, 0.4) is 0 Å². The van der Waals surface area contributed by atoms with Crippen molar-refractivity contribution in [2.24, 2.45) is 7.05 Å². The number of thiophene rings is 1. The van der Waals surface area contributed by atoms with Gasteiger partial charge in [0.05, 0.1) is 0 Å². The lowest BCUT2D eigenvalue weighted by atomic mass is 10.1. The Balaban J connectivity index is 1.56. The lowest BCUT2D eigenvalue weighted by Crippen LogP contribution is -2.44. The number of hydrogen-bond donors (Lipinski definition) is 1. The lowest BCUT2D eigenvalue weighted by Gasteiger charge is -2.32. The molecule has 0 fully saturated rings. The molecule has 0 unspecified atom stereocenters. The second kappa shape index (κ2) is 6.68. The Hall–Kier alpha value is -1.92. The van der Waals surface area contributed by atoms with Gasteiger partial charge in [0.1, 0.15) is 0 Å². The normalized spacial score (nSPS) is 15.9. The predicted octanol–water partition coefficient (Wildman–Crippen LogP) is 1.62. The van der Waals surface area contributed by atoms with Crippen molar-refractivity contribution in [3.8, 4) is 0 Å². The van der Waals surface area contributed by atoms with Crippen molar-refractivity contribution in [1.29, 1.82) is 0 Å². The molecule has 0 bridgehead atoms. The SMILES string of the molecule is C[C@@H](CNC(=O)c1ccn(C)c(=O)c1)N1CCc2sccc2C1. The molecule has 1 N–H and O–H groups in total. The molecule has 1 aliphatic heterocycles. The number of fused-ring (bicyclic) bond motifs is 1. The number of nitrogens with one attached hydrogen (secondary N) is 1. The van der Waals surface area contributed by atoms with Gasteiger partial charge in [0.2, 0.25) is 0 Å². The van der Waals surface area contributed by atoms with Gasteiger partial charge in [-0.25, -0.2) is 0 Å². The molecule has 122 valence electrons. The number of amides is 1. The van der Waals surface area contributed by atoms with E-state index in [1.807, 2.05) is 11.3 Å². The molecule has 0 saturated carbocycles. The van der Waals surface area contributed by atoms with Crippen molar-refractivity contribution in [2.75, 3.05) is 13.1 Å². The van der Waals surface area contributed by atoms with E-state index in [2.05, 4.69) is 28.6 Å². The molecule has 6 heteroatoms. The zero-order valence-electron chi connectivity index (χ0n) is 13.4. The summed E-state index contributed by atoms with van der Waals surface area (Å²) in [5.41, 5.74) is 1.65. The standard InChI is InChI=1S/C17H21N3O2S/c1-12(20-7-4-15-14(11-20)5-8-23-15)10-18-17(22)13-3-6-19(2)16(21)9-13/h3,5-6,8-9,12H,4,7,10-11H2,1-2H3,(H,18,22)/t12-/m0/s1. The first-order chi connectivity index (χ1) is 11.0. The van der Waals surface area contributed by atoms with Gasteiger partial charge in [-0.1, -0.05) is 0 Å². The van der Waals surface area contributed by atoms with E-state index in [0.29, 0.717) is 12.1 Å². The number of carbonyl (C=O) groups excluding carboxylic acids is 1. The van der Waals surface area contributed by atoms with Crippen molar-refractivity contribution < 1.29 is 4.79 Å². The number of hydrogen-bond acceptors (Lipinski definition) is 4. The molecular weight excluding hydrogens is 310 g/mol. The molecule has 0 saturated heterocycles. The van der Waals surface area contributed by atoms with Gasteiger partial charge in [-0.2, -0.15) is 0 Å². The third-order valence-corrected chi connectivity index (χ3v) is 5.41. The van der Waals surface area contributed by atoms with Crippen LogP contribution in [0.15, 0.2) is 34.6 Å². The summed E-state index contributed by atoms with van der Waals surface area (Å²) < 4.78 is 1.45. The molecule has 1 amide bonds. The molecule has 23 heavy (non-hydrogen) atoms. The van der Waals surface area contributed by atoms with Gasteiger partial charge in [-0.3, -0.25) is 14.5 Å². The van der Waals surface area contributed by atoms with Crippen LogP contribution in [0.4, 0.5) is 0 Å². The van der Waals surface area contributed by atoms with Crippen LogP contribution in [0.2, 0.25) is 0 Å². The smallest absolute Gasteiger partial charge is 0.251 e. The topological polar surface area (TPSA) is 54.3 Å². The summed E-state index contributed by atoms with van der Waals surface area (Å²) in [5.74, 6) is -0.192. The highest BCUT2D eigenvalue weighted by Crippen LogP contribution is 2.24. The van der Waals surface area contributed by atoms with E-state index in [-0.39, 0.29) is 17.5 Å². The van der Waals surface area contributed by atoms with Crippen LogP contribution in [-0.4, -0.2) is 34.5 Å². The van der Waals surface area contributed by atoms with Gasteiger partial charge >= 0.3 is 0 Å². The monoisotopic (exact) mass is 331 g/mol. The van der Waals surface area contributed by atoms with Gasteiger partial charge < -0.3 is 9.88 Å². The first kappa shape index (κ1) is 16.0. The highest BCUT2D eigenvalue weighted by atomic mass is 32.1. The Labute approximate surface area is 139 Å². The van der Waals surface area contributed by atoms with Crippen LogP contribution in [0.25, 0.3) is 0 Å². The van der Waals surface area contributed by atoms with E-state index in [1.54, 1.807) is 19.3 Å². The molecule has 3 heterocycles. The lowest BCUT2D eigenvalue weighted by molar-refractivity contribution is 0.0932. The summed E-state index contributed by atoms with van der Waals surface area (Å²) >= 11 is 1.83. The second-order valence-corrected chi connectivity index (χ2v) is 7.01. The summed E-state index contributed by atoms with van der Waals surface area (Å²) in [6.07, 6.45) is 2.70. The summed E-state index contributed by atoms with van der Waals surface area (Å²) in [6, 6.07) is 5.49. The van der Waals surface area contributed by atoms with Crippen LogP contribution in [-0.2, 0) is 20.0 Å². The Morgan fingerprint density at radius 1 is 1.43 bits per heavy atom. The molecule has 0 radical (unpaired) electrons. The Bertz CT molecular complexity index is 765. The highest BCUT2D eigenvalue weighted by molar-refractivity contribution is 7.10. The van der Waals surface area contributed by atoms with Gasteiger partial charge in [-0.15, -0.1) is 11.3 Å². The Kier molecular flexibility index (Phi) is 4.63. The predicted molar refractivity (Wildman–Crippen MR) is 91.9 cm³/mol. The molecule has 1 aliphatic rings. The maximum Gasteiger partial charge on any atom is 0.251 e. The van der Waals surface area contributed by atoms with E-state index in [0.717, 1.165) is 19.5 Å². The fourth-order valence-electron chi connectivity index (χ4n) is 2.81. The minimum Gasteiger partial charge on any atom is -0.350 e. The largest absolute Gasteiger partial charge is 0.350 e. The zero-order valence-corrected chi connectivity index (χ0v) is 14.2. The van der Waals surface area contributed by atoms with Crippen LogP contribution < -0.4 is 10.9 Å². The molecule has 3 rings (SSSR count). The maximum absolute atomic E-state index is 12.2. The first-order valence-electron chi connectivity index (χ1n) is 7.79. The number of carbonyl (C=O) groups is 1. The molecule has 2 aromatic rings. The van der Waals surface area contributed by atoms with Crippen molar-refractivity contribution in [3.63, 3.8) is 0 Å². The number of aromatic nitrogens is 1. The summed E-state index contributed by atoms with van der Waals surface area (Å²) in [4.78, 5) is 27.6. The van der Waals surface area contributed by atoms with Crippen molar-refractivity contribution >= 4 is 17.2 Å². The average molecular weight is 331 g/mol. The van der Waals surface area contributed by atoms with Crippen LogP contribution in [0, 0.1) is 0 Å². The third-order valence-electron chi connectivity index (χ3n) is 4.39. The number of nitrogens with zero attached hydrogens (tertiary/aromatic N) is 2. The zero-order chi connectivity index (χ0) is 16.4. The number of aryl methyl sites for hydroxylation is 1. The average Bonchev–Trinajstić information content (AvgIpc) is 3.02. The van der Waals surface area contributed by atoms with Gasteiger partial charge in [0, 0.05) is 55.4 Å². The summed E-state index contributed by atoms with van der Waals surface area (Å²) in [5, 5.41) is 5.08. The first-order valence-corrected chi connectivity index (χ1v) is 8.67. The molecule has 0 aliphatic carbocycles.